The Bertz CT molecular complexity index is 1250. The molecular formula is C24H24FN3O4S. The molecule has 9 heteroatoms. The molecule has 2 heterocycles. The summed E-state index contributed by atoms with van der Waals surface area (Å²) < 4.78 is 36.9. The molecule has 0 bridgehead atoms. The van der Waals surface area contributed by atoms with Crippen LogP contribution in [-0.2, 0) is 26.5 Å². The smallest absolute Gasteiger partial charge is 0.228 e. The van der Waals surface area contributed by atoms with E-state index in [2.05, 4.69) is 15.3 Å². The number of nitrogens with zero attached hydrogens (tertiary/aromatic N) is 2. The maximum absolute atomic E-state index is 13.1. The third-order valence-corrected chi connectivity index (χ3v) is 7.07. The van der Waals surface area contributed by atoms with Crippen LogP contribution in [0.1, 0.15) is 42.4 Å². The minimum atomic E-state index is -3.29. The molecule has 1 amide bonds. The minimum absolute atomic E-state index is 0.0102. The molecule has 0 aliphatic rings. The number of halogens is 1. The molecule has 0 radical (unpaired) electrons. The molecule has 0 aliphatic carbocycles. The van der Waals surface area contributed by atoms with Crippen LogP contribution in [0.5, 0.6) is 0 Å². The Morgan fingerprint density at radius 3 is 2.21 bits per heavy atom. The largest absolute Gasteiger partial charge is 0.324 e. The van der Waals surface area contributed by atoms with E-state index in [-0.39, 0.29) is 34.5 Å². The number of anilines is 1. The van der Waals surface area contributed by atoms with Gasteiger partial charge in [0, 0.05) is 6.20 Å². The van der Waals surface area contributed by atoms with E-state index in [4.69, 9.17) is 0 Å². The minimum Gasteiger partial charge on any atom is -0.324 e. The Morgan fingerprint density at radius 1 is 0.970 bits per heavy atom. The number of nitrogens with one attached hydrogen (secondary N) is 1. The second kappa shape index (κ2) is 9.58. The number of hydrogen-bond donors (Lipinski definition) is 1. The molecule has 0 saturated heterocycles. The monoisotopic (exact) mass is 469 g/mol. The first-order valence-electron chi connectivity index (χ1n) is 10.3. The van der Waals surface area contributed by atoms with Crippen molar-refractivity contribution in [3.05, 3.63) is 83.7 Å². The number of benzene rings is 1. The van der Waals surface area contributed by atoms with E-state index in [1.165, 1.54) is 42.7 Å². The molecule has 1 aromatic carbocycles. The van der Waals surface area contributed by atoms with Crippen molar-refractivity contribution in [2.24, 2.45) is 0 Å². The van der Waals surface area contributed by atoms with E-state index < -0.39 is 21.2 Å². The van der Waals surface area contributed by atoms with Crippen LogP contribution >= 0.6 is 0 Å². The number of pyridine rings is 2. The van der Waals surface area contributed by atoms with Crippen molar-refractivity contribution < 1.29 is 22.4 Å². The summed E-state index contributed by atoms with van der Waals surface area (Å²) in [6.07, 6.45) is 2.77. The average molecular weight is 470 g/mol. The zero-order valence-corrected chi connectivity index (χ0v) is 19.3. The van der Waals surface area contributed by atoms with E-state index in [0.717, 1.165) is 0 Å². The molecule has 1 N–H and O–H groups in total. The van der Waals surface area contributed by atoms with Crippen LogP contribution in [-0.4, -0.2) is 35.8 Å². The highest BCUT2D eigenvalue weighted by atomic mass is 32.2. The highest BCUT2D eigenvalue weighted by Gasteiger charge is 2.32. The zero-order valence-electron chi connectivity index (χ0n) is 18.5. The third kappa shape index (κ3) is 5.67. The molecule has 0 unspecified atom stereocenters. The fourth-order valence-electron chi connectivity index (χ4n) is 3.17. The lowest BCUT2D eigenvalue weighted by Gasteiger charge is -2.22. The summed E-state index contributed by atoms with van der Waals surface area (Å²) in [6.45, 7) is 4.99. The van der Waals surface area contributed by atoms with Gasteiger partial charge in [0.1, 0.15) is 5.69 Å². The Hall–Kier alpha value is -3.46. The Morgan fingerprint density at radius 2 is 1.67 bits per heavy atom. The van der Waals surface area contributed by atoms with Gasteiger partial charge < -0.3 is 5.32 Å². The summed E-state index contributed by atoms with van der Waals surface area (Å²) >= 11 is 0. The number of Topliss-reactive ketones (excluding diaryl/α,β-unsaturated/α-hetero) is 1. The van der Waals surface area contributed by atoms with E-state index in [9.17, 15) is 22.4 Å². The lowest BCUT2D eigenvalue weighted by Crippen LogP contribution is -2.30. The van der Waals surface area contributed by atoms with Gasteiger partial charge in [-0.05, 0) is 55.3 Å². The zero-order chi connectivity index (χ0) is 24.2. The summed E-state index contributed by atoms with van der Waals surface area (Å²) in [5.41, 5.74) is 0.886. The third-order valence-electron chi connectivity index (χ3n) is 5.32. The summed E-state index contributed by atoms with van der Waals surface area (Å²) in [4.78, 5) is 33.3. The van der Waals surface area contributed by atoms with Crippen LogP contribution in [0.3, 0.4) is 0 Å². The average Bonchev–Trinajstić information content (AvgIpc) is 2.79. The maximum atomic E-state index is 13.1. The number of carbonyl (C=O) groups is 2. The van der Waals surface area contributed by atoms with Crippen LogP contribution in [0.25, 0.3) is 0 Å². The lowest BCUT2D eigenvalue weighted by atomic mass is 9.80. The maximum Gasteiger partial charge on any atom is 0.228 e. The predicted molar refractivity (Wildman–Crippen MR) is 122 cm³/mol. The van der Waals surface area contributed by atoms with Crippen molar-refractivity contribution in [2.75, 3.05) is 11.1 Å². The standard InChI is InChI=1S/C24H24FN3O4S/c1-4-33(31,32)19-9-5-16(6-10-19)13-22(29)28-18-8-11-20(26-15-18)23(30)24(2,3)17-7-12-21(25)27-14-17/h5-12,14-15H,4,13H2,1-3H3,(H,28,29). The number of rotatable bonds is 8. The molecule has 0 aliphatic heterocycles. The second-order valence-corrected chi connectivity index (χ2v) is 10.3. The van der Waals surface area contributed by atoms with Gasteiger partial charge in [-0.15, -0.1) is 0 Å². The van der Waals surface area contributed by atoms with Crippen LogP contribution in [0.15, 0.2) is 65.8 Å². The van der Waals surface area contributed by atoms with E-state index in [0.29, 0.717) is 16.8 Å². The highest BCUT2D eigenvalue weighted by Crippen LogP contribution is 2.27. The first kappa shape index (κ1) is 24.2. The molecular weight excluding hydrogens is 445 g/mol. The summed E-state index contributed by atoms with van der Waals surface area (Å²) in [6, 6.07) is 12.0. The fraction of sp³-hybridized carbons (Fsp3) is 0.250. The van der Waals surface area contributed by atoms with Crippen molar-refractivity contribution in [1.29, 1.82) is 0 Å². The number of aromatic nitrogens is 2. The Balaban J connectivity index is 1.65. The van der Waals surface area contributed by atoms with Gasteiger partial charge in [-0.1, -0.05) is 25.1 Å². The van der Waals surface area contributed by atoms with Crippen molar-refractivity contribution in [3.8, 4) is 0 Å². The normalized spacial score (nSPS) is 11.8. The van der Waals surface area contributed by atoms with Gasteiger partial charge in [0.25, 0.3) is 0 Å². The highest BCUT2D eigenvalue weighted by molar-refractivity contribution is 7.91. The first-order valence-corrected chi connectivity index (χ1v) is 11.9. The van der Waals surface area contributed by atoms with Gasteiger partial charge in [0.05, 0.1) is 34.4 Å². The number of sulfone groups is 1. The summed E-state index contributed by atoms with van der Waals surface area (Å²) in [7, 11) is -3.29. The van der Waals surface area contributed by atoms with Gasteiger partial charge >= 0.3 is 0 Å². The van der Waals surface area contributed by atoms with Gasteiger partial charge in [0.15, 0.2) is 15.6 Å². The van der Waals surface area contributed by atoms with Crippen LogP contribution in [0, 0.1) is 5.95 Å². The molecule has 33 heavy (non-hydrogen) atoms. The van der Waals surface area contributed by atoms with Crippen LogP contribution < -0.4 is 5.32 Å². The van der Waals surface area contributed by atoms with Gasteiger partial charge in [-0.25, -0.2) is 13.4 Å². The van der Waals surface area contributed by atoms with Gasteiger partial charge in [0.2, 0.25) is 11.9 Å². The number of ketones is 1. The van der Waals surface area contributed by atoms with Gasteiger partial charge in [-0.3, -0.25) is 14.6 Å². The number of carbonyl (C=O) groups excluding carboxylic acids is 2. The van der Waals surface area contributed by atoms with Crippen molar-refractivity contribution in [3.63, 3.8) is 0 Å². The van der Waals surface area contributed by atoms with Gasteiger partial charge in [-0.2, -0.15) is 4.39 Å². The Labute approximate surface area is 192 Å². The second-order valence-electron chi connectivity index (χ2n) is 8.03. The Kier molecular flexibility index (Phi) is 7.02. The SMILES string of the molecule is CCS(=O)(=O)c1ccc(CC(=O)Nc2ccc(C(=O)C(C)(C)c3ccc(F)nc3)nc2)cc1. The van der Waals surface area contributed by atoms with E-state index in [1.807, 2.05) is 0 Å². The summed E-state index contributed by atoms with van der Waals surface area (Å²) in [5.74, 6) is -1.19. The molecule has 0 spiro atoms. The number of hydrogen-bond acceptors (Lipinski definition) is 6. The van der Waals surface area contributed by atoms with E-state index in [1.54, 1.807) is 39.0 Å². The molecule has 0 atom stereocenters. The lowest BCUT2D eigenvalue weighted by molar-refractivity contribution is -0.115. The molecule has 172 valence electrons. The molecule has 3 rings (SSSR count). The fourth-order valence-corrected chi connectivity index (χ4v) is 4.05. The molecule has 0 saturated carbocycles. The molecule has 3 aromatic rings. The molecule has 2 aromatic heterocycles. The summed E-state index contributed by atoms with van der Waals surface area (Å²) in [5, 5.41) is 2.71. The van der Waals surface area contributed by atoms with Crippen molar-refractivity contribution >= 4 is 27.2 Å². The van der Waals surface area contributed by atoms with Crippen LogP contribution in [0.2, 0.25) is 0 Å². The molecule has 0 fully saturated rings. The van der Waals surface area contributed by atoms with Crippen molar-refractivity contribution in [1.82, 2.24) is 9.97 Å². The van der Waals surface area contributed by atoms with Crippen LogP contribution in [0.4, 0.5) is 10.1 Å². The van der Waals surface area contributed by atoms with E-state index >= 15 is 0 Å². The first-order chi connectivity index (χ1) is 15.5. The van der Waals surface area contributed by atoms with Crippen molar-refractivity contribution in [2.45, 2.75) is 37.5 Å². The molecule has 7 nitrogen and oxygen atoms in total. The number of amides is 1. The predicted octanol–water partition coefficient (Wildman–Crippen LogP) is 3.75. The topological polar surface area (TPSA) is 106 Å². The quantitative estimate of drug-likeness (QED) is 0.398.